The van der Waals surface area contributed by atoms with Gasteiger partial charge in [-0.3, -0.25) is 9.59 Å². The Morgan fingerprint density at radius 2 is 1.88 bits per heavy atom. The lowest BCUT2D eigenvalue weighted by atomic mass is 10.1. The number of nitrogens with zero attached hydrogens (tertiary/aromatic N) is 2. The molecular formula is C24H21N3O4S2. The van der Waals surface area contributed by atoms with Gasteiger partial charge in [0, 0.05) is 28.9 Å². The number of rotatable bonds is 5. The Morgan fingerprint density at radius 3 is 2.61 bits per heavy atom. The van der Waals surface area contributed by atoms with Crippen LogP contribution in [0, 0.1) is 6.92 Å². The molecule has 168 valence electrons. The van der Waals surface area contributed by atoms with Gasteiger partial charge in [0.25, 0.3) is 11.8 Å². The molecular weight excluding hydrogens is 458 g/mol. The summed E-state index contributed by atoms with van der Waals surface area (Å²) in [7, 11) is 0. The molecule has 7 nitrogen and oxygen atoms in total. The molecule has 1 aliphatic rings. The lowest BCUT2D eigenvalue weighted by molar-refractivity contribution is 0.0303. The molecule has 1 saturated heterocycles. The van der Waals surface area contributed by atoms with Crippen molar-refractivity contribution in [3.63, 3.8) is 0 Å². The highest BCUT2D eigenvalue weighted by Crippen LogP contribution is 2.41. The van der Waals surface area contributed by atoms with Gasteiger partial charge in [-0.1, -0.05) is 30.3 Å². The maximum absolute atomic E-state index is 13.5. The summed E-state index contributed by atoms with van der Waals surface area (Å²) in [4.78, 5) is 33.7. The van der Waals surface area contributed by atoms with Crippen LogP contribution in [0.5, 0.6) is 0 Å². The van der Waals surface area contributed by atoms with Gasteiger partial charge in [-0.15, -0.1) is 22.7 Å². The van der Waals surface area contributed by atoms with Gasteiger partial charge in [0.2, 0.25) is 0 Å². The predicted molar refractivity (Wildman–Crippen MR) is 129 cm³/mol. The van der Waals surface area contributed by atoms with Crippen molar-refractivity contribution < 1.29 is 18.7 Å². The summed E-state index contributed by atoms with van der Waals surface area (Å²) in [6, 6.07) is 11.7. The summed E-state index contributed by atoms with van der Waals surface area (Å²) in [5.41, 5.74) is 3.51. The van der Waals surface area contributed by atoms with Crippen LogP contribution in [0.25, 0.3) is 21.0 Å². The number of carbonyl (C=O) groups excluding carboxylic acids is 2. The van der Waals surface area contributed by atoms with Crippen molar-refractivity contribution in [1.82, 2.24) is 9.88 Å². The third-order valence-electron chi connectivity index (χ3n) is 5.43. The number of thiophene rings is 1. The second-order valence-electron chi connectivity index (χ2n) is 7.53. The number of amides is 2. The number of nitrogens with one attached hydrogen (secondary N) is 1. The monoisotopic (exact) mass is 479 g/mol. The number of furan rings is 1. The van der Waals surface area contributed by atoms with Gasteiger partial charge in [-0.2, -0.15) is 0 Å². The average Bonchev–Trinajstić information content (AvgIpc) is 3.60. The largest absolute Gasteiger partial charge is 0.472 e. The molecule has 4 aromatic rings. The predicted octanol–water partition coefficient (Wildman–Crippen LogP) is 5.16. The molecule has 9 heteroatoms. The molecule has 33 heavy (non-hydrogen) atoms. The molecule has 2 amide bonds. The lowest BCUT2D eigenvalue weighted by Crippen LogP contribution is -2.41. The van der Waals surface area contributed by atoms with Crippen molar-refractivity contribution in [3.8, 4) is 21.0 Å². The molecule has 1 aliphatic heterocycles. The first-order valence-corrected chi connectivity index (χ1v) is 12.2. The molecule has 0 unspecified atom stereocenters. The minimum atomic E-state index is -0.349. The highest BCUT2D eigenvalue weighted by Gasteiger charge is 2.28. The van der Waals surface area contributed by atoms with Gasteiger partial charge in [0.15, 0.2) is 0 Å². The minimum absolute atomic E-state index is 0.0955. The second-order valence-corrected chi connectivity index (χ2v) is 9.41. The number of benzene rings is 1. The van der Waals surface area contributed by atoms with E-state index in [0.717, 1.165) is 21.6 Å². The van der Waals surface area contributed by atoms with Crippen LogP contribution in [-0.2, 0) is 4.74 Å². The van der Waals surface area contributed by atoms with E-state index < -0.39 is 0 Å². The first-order chi connectivity index (χ1) is 16.1. The Morgan fingerprint density at radius 1 is 1.09 bits per heavy atom. The van der Waals surface area contributed by atoms with Crippen molar-refractivity contribution in [2.24, 2.45) is 0 Å². The van der Waals surface area contributed by atoms with E-state index in [0.29, 0.717) is 47.6 Å². The molecule has 0 spiro atoms. The molecule has 4 heterocycles. The standard InChI is InChI=1S/C24H21N3O4S2/c1-15-19(24(29)27-8-11-30-12-9-27)23(33-20(15)16-5-3-2-4-6-16)26-21(28)18-14-32-22(25-18)17-7-10-31-13-17/h2-7,10,13-14H,8-9,11-12H2,1H3,(H,26,28). The van der Waals surface area contributed by atoms with E-state index in [-0.39, 0.29) is 11.8 Å². The van der Waals surface area contributed by atoms with Crippen LogP contribution >= 0.6 is 22.7 Å². The van der Waals surface area contributed by atoms with Crippen molar-refractivity contribution in [2.45, 2.75) is 6.92 Å². The minimum Gasteiger partial charge on any atom is -0.472 e. The molecule has 0 bridgehead atoms. The Labute approximate surface area is 198 Å². The fourth-order valence-corrected chi connectivity index (χ4v) is 5.70. The van der Waals surface area contributed by atoms with E-state index in [4.69, 9.17) is 9.15 Å². The number of ether oxygens (including phenoxy) is 1. The SMILES string of the molecule is Cc1c(-c2ccccc2)sc(NC(=O)c2csc(-c3ccoc3)n2)c1C(=O)N1CCOCC1. The van der Waals surface area contributed by atoms with Crippen LogP contribution in [0.2, 0.25) is 0 Å². The molecule has 1 fully saturated rings. The van der Waals surface area contributed by atoms with Crippen molar-refractivity contribution >= 4 is 39.5 Å². The van der Waals surface area contributed by atoms with Gasteiger partial charge < -0.3 is 19.4 Å². The van der Waals surface area contributed by atoms with Gasteiger partial charge in [0.05, 0.1) is 25.0 Å². The number of morpholine rings is 1. The Balaban J connectivity index is 1.49. The number of aromatic nitrogens is 1. The first kappa shape index (κ1) is 21.6. The number of carbonyl (C=O) groups is 2. The number of hydrogen-bond acceptors (Lipinski definition) is 7. The van der Waals surface area contributed by atoms with E-state index in [2.05, 4.69) is 10.3 Å². The van der Waals surface area contributed by atoms with E-state index in [1.54, 1.807) is 28.9 Å². The Kier molecular flexibility index (Phi) is 6.08. The van der Waals surface area contributed by atoms with Gasteiger partial charge in [0.1, 0.15) is 22.0 Å². The van der Waals surface area contributed by atoms with Crippen LogP contribution in [0.1, 0.15) is 26.4 Å². The van der Waals surface area contributed by atoms with Crippen LogP contribution in [0.15, 0.2) is 58.7 Å². The van der Waals surface area contributed by atoms with Crippen molar-refractivity contribution in [3.05, 3.63) is 71.1 Å². The van der Waals surface area contributed by atoms with Gasteiger partial charge >= 0.3 is 0 Å². The first-order valence-electron chi connectivity index (χ1n) is 10.5. The summed E-state index contributed by atoms with van der Waals surface area (Å²) in [6.07, 6.45) is 3.16. The number of anilines is 1. The molecule has 0 saturated carbocycles. The zero-order chi connectivity index (χ0) is 22.8. The number of thiazole rings is 1. The molecule has 0 aliphatic carbocycles. The quantitative estimate of drug-likeness (QED) is 0.427. The molecule has 5 rings (SSSR count). The topological polar surface area (TPSA) is 84.7 Å². The smallest absolute Gasteiger partial charge is 0.275 e. The zero-order valence-electron chi connectivity index (χ0n) is 17.9. The van der Waals surface area contributed by atoms with E-state index in [9.17, 15) is 9.59 Å². The average molecular weight is 480 g/mol. The second kappa shape index (κ2) is 9.30. The summed E-state index contributed by atoms with van der Waals surface area (Å²) >= 11 is 2.78. The fraction of sp³-hybridized carbons (Fsp3) is 0.208. The van der Waals surface area contributed by atoms with Gasteiger partial charge in [-0.25, -0.2) is 4.98 Å². The van der Waals surface area contributed by atoms with E-state index in [1.807, 2.05) is 37.3 Å². The third kappa shape index (κ3) is 4.35. The normalized spacial score (nSPS) is 13.8. The van der Waals surface area contributed by atoms with Crippen LogP contribution in [0.3, 0.4) is 0 Å². The van der Waals surface area contributed by atoms with Gasteiger partial charge in [-0.05, 0) is 24.1 Å². The highest BCUT2D eigenvalue weighted by atomic mass is 32.1. The lowest BCUT2D eigenvalue weighted by Gasteiger charge is -2.27. The van der Waals surface area contributed by atoms with Crippen LogP contribution in [0.4, 0.5) is 5.00 Å². The summed E-state index contributed by atoms with van der Waals surface area (Å²) < 4.78 is 10.5. The van der Waals surface area contributed by atoms with Crippen molar-refractivity contribution in [1.29, 1.82) is 0 Å². The molecule has 1 N–H and O–H groups in total. The maximum Gasteiger partial charge on any atom is 0.275 e. The Hall–Kier alpha value is -3.27. The van der Waals surface area contributed by atoms with Crippen LogP contribution in [-0.4, -0.2) is 48.0 Å². The highest BCUT2D eigenvalue weighted by molar-refractivity contribution is 7.20. The molecule has 0 radical (unpaired) electrons. The van der Waals surface area contributed by atoms with E-state index in [1.165, 1.54) is 22.7 Å². The Bertz CT molecular complexity index is 1270. The molecule has 1 aromatic carbocycles. The molecule has 0 atom stereocenters. The summed E-state index contributed by atoms with van der Waals surface area (Å²) in [6.45, 7) is 4.02. The van der Waals surface area contributed by atoms with Crippen molar-refractivity contribution in [2.75, 3.05) is 31.6 Å². The van der Waals surface area contributed by atoms with Crippen LogP contribution < -0.4 is 5.32 Å². The zero-order valence-corrected chi connectivity index (χ0v) is 19.5. The summed E-state index contributed by atoms with van der Waals surface area (Å²) in [5.74, 6) is -0.445. The van der Waals surface area contributed by atoms with E-state index >= 15 is 0 Å². The number of hydrogen-bond donors (Lipinski definition) is 1. The fourth-order valence-electron chi connectivity index (χ4n) is 3.71. The maximum atomic E-state index is 13.5. The molecule has 3 aromatic heterocycles. The third-order valence-corrected chi connectivity index (χ3v) is 7.57. The summed E-state index contributed by atoms with van der Waals surface area (Å²) in [5, 5.41) is 5.90.